The number of nitrogens with zero attached hydrogens (tertiary/aromatic N) is 3. The fourth-order valence-electron chi connectivity index (χ4n) is 4.09. The van der Waals surface area contributed by atoms with Crippen LogP contribution in [-0.2, 0) is 4.74 Å². The fraction of sp³-hybridized carbons (Fsp3) is 0.308. The summed E-state index contributed by atoms with van der Waals surface area (Å²) in [5, 5.41) is 22.2. The molecule has 3 aromatic rings. The second-order valence-electron chi connectivity index (χ2n) is 8.06. The number of rotatable bonds is 7. The summed E-state index contributed by atoms with van der Waals surface area (Å²) in [6.45, 7) is 3.26. The Kier molecular flexibility index (Phi) is 7.48. The van der Waals surface area contributed by atoms with Crippen LogP contribution in [0.1, 0.15) is 45.9 Å². The second-order valence-corrected chi connectivity index (χ2v) is 8.06. The number of aliphatic hydroxyl groups excluding tert-OH is 1. The zero-order valence-corrected chi connectivity index (χ0v) is 19.0. The number of anilines is 1. The van der Waals surface area contributed by atoms with Crippen molar-refractivity contribution in [2.45, 2.75) is 25.7 Å². The number of carbonyl (C=O) groups excluding carboxylic acids is 1. The average Bonchev–Trinajstić information content (AvgIpc) is 2.89. The Labute approximate surface area is 198 Å². The van der Waals surface area contributed by atoms with Gasteiger partial charge in [-0.15, -0.1) is 0 Å². The van der Waals surface area contributed by atoms with Crippen LogP contribution in [0.15, 0.2) is 48.8 Å². The number of benzene rings is 1. The van der Waals surface area contributed by atoms with Crippen molar-refractivity contribution in [1.82, 2.24) is 9.97 Å². The molecule has 2 N–H and O–H groups in total. The van der Waals surface area contributed by atoms with E-state index in [1.807, 2.05) is 19.1 Å². The Morgan fingerprint density at radius 1 is 1.24 bits per heavy atom. The quantitative estimate of drug-likeness (QED) is 0.552. The maximum absolute atomic E-state index is 12.7. The summed E-state index contributed by atoms with van der Waals surface area (Å²) in [6, 6.07) is 12.9. The van der Waals surface area contributed by atoms with Crippen LogP contribution in [0.5, 0.6) is 5.88 Å². The van der Waals surface area contributed by atoms with Gasteiger partial charge in [0.05, 0.1) is 17.9 Å². The number of amides is 1. The Morgan fingerprint density at radius 3 is 2.71 bits per heavy atom. The molecule has 0 bridgehead atoms. The molecule has 34 heavy (non-hydrogen) atoms. The highest BCUT2D eigenvalue weighted by molar-refractivity contribution is 6.05. The summed E-state index contributed by atoms with van der Waals surface area (Å²) in [7, 11) is 0. The molecule has 0 atom stereocenters. The molecule has 8 nitrogen and oxygen atoms in total. The third kappa shape index (κ3) is 5.22. The first-order chi connectivity index (χ1) is 16.6. The largest absolute Gasteiger partial charge is 0.475 e. The lowest BCUT2D eigenvalue weighted by molar-refractivity contribution is 0.0843. The second kappa shape index (κ2) is 10.9. The van der Waals surface area contributed by atoms with Crippen molar-refractivity contribution in [2.75, 3.05) is 31.7 Å². The van der Waals surface area contributed by atoms with E-state index >= 15 is 0 Å². The first kappa shape index (κ1) is 23.4. The van der Waals surface area contributed by atoms with Gasteiger partial charge in [-0.25, -0.2) is 4.98 Å². The third-order valence-corrected chi connectivity index (χ3v) is 5.81. The maximum atomic E-state index is 12.7. The molecule has 4 rings (SSSR count). The van der Waals surface area contributed by atoms with Crippen molar-refractivity contribution in [3.05, 3.63) is 71.2 Å². The lowest BCUT2D eigenvalue weighted by Crippen LogP contribution is -2.16. The standard InChI is InChI=1S/C26H26N4O4/c1-17-2-3-22(30-26(32)19-4-8-28-9-5-19)21(16-27)25(17)20-14-23(18-6-11-33-12-7-18)29-24(15-20)34-13-10-31/h2-5,8-9,14-15,18,31H,6-7,10-13H2,1H3,(H,30,32). The molecule has 2 aromatic heterocycles. The predicted octanol–water partition coefficient (Wildman–Crippen LogP) is 3.84. The van der Waals surface area contributed by atoms with E-state index in [1.54, 1.807) is 36.7 Å². The van der Waals surface area contributed by atoms with E-state index in [0.29, 0.717) is 41.5 Å². The van der Waals surface area contributed by atoms with Gasteiger partial charge >= 0.3 is 0 Å². The van der Waals surface area contributed by atoms with E-state index < -0.39 is 0 Å². The number of aromatic nitrogens is 2. The molecule has 1 saturated heterocycles. The van der Waals surface area contributed by atoms with Crippen LogP contribution < -0.4 is 10.1 Å². The van der Waals surface area contributed by atoms with Crippen LogP contribution >= 0.6 is 0 Å². The van der Waals surface area contributed by atoms with Gasteiger partial charge in [0.1, 0.15) is 12.7 Å². The number of nitriles is 1. The number of carbonyl (C=O) groups is 1. The molecule has 1 aromatic carbocycles. The topological polar surface area (TPSA) is 117 Å². The minimum Gasteiger partial charge on any atom is -0.475 e. The SMILES string of the molecule is Cc1ccc(NC(=O)c2ccncc2)c(C#N)c1-c1cc(OCCO)nc(C2CCOCC2)c1. The van der Waals surface area contributed by atoms with Gasteiger partial charge in [-0.05, 0) is 55.2 Å². The smallest absolute Gasteiger partial charge is 0.255 e. The highest BCUT2D eigenvalue weighted by Crippen LogP contribution is 2.36. The van der Waals surface area contributed by atoms with Crippen molar-refractivity contribution in [1.29, 1.82) is 5.26 Å². The lowest BCUT2D eigenvalue weighted by Gasteiger charge is -2.23. The van der Waals surface area contributed by atoms with Gasteiger partial charge in [-0.3, -0.25) is 9.78 Å². The first-order valence-electron chi connectivity index (χ1n) is 11.2. The highest BCUT2D eigenvalue weighted by atomic mass is 16.5. The monoisotopic (exact) mass is 458 g/mol. The summed E-state index contributed by atoms with van der Waals surface area (Å²) >= 11 is 0. The van der Waals surface area contributed by atoms with E-state index in [9.17, 15) is 15.2 Å². The molecule has 0 aliphatic carbocycles. The van der Waals surface area contributed by atoms with Crippen molar-refractivity contribution < 1.29 is 19.4 Å². The molecule has 174 valence electrons. The van der Waals surface area contributed by atoms with Gasteiger partial charge < -0.3 is 19.9 Å². The predicted molar refractivity (Wildman–Crippen MR) is 127 cm³/mol. The van der Waals surface area contributed by atoms with Gasteiger partial charge in [-0.1, -0.05) is 6.07 Å². The number of aryl methyl sites for hydroxylation is 1. The van der Waals surface area contributed by atoms with Crippen LogP contribution in [0.25, 0.3) is 11.1 Å². The molecule has 0 unspecified atom stereocenters. The van der Waals surface area contributed by atoms with Crippen LogP contribution in [0.3, 0.4) is 0 Å². The van der Waals surface area contributed by atoms with E-state index in [2.05, 4.69) is 21.4 Å². The molecule has 8 heteroatoms. The Balaban J connectivity index is 1.77. The minimum atomic E-state index is -0.321. The number of pyridine rings is 2. The van der Waals surface area contributed by atoms with E-state index in [4.69, 9.17) is 9.47 Å². The molecular formula is C26H26N4O4. The molecule has 1 aliphatic heterocycles. The zero-order valence-electron chi connectivity index (χ0n) is 19.0. The summed E-state index contributed by atoms with van der Waals surface area (Å²) in [4.78, 5) is 21.3. The maximum Gasteiger partial charge on any atom is 0.255 e. The van der Waals surface area contributed by atoms with Crippen LogP contribution in [0.4, 0.5) is 5.69 Å². The van der Waals surface area contributed by atoms with Gasteiger partial charge in [0, 0.05) is 54.4 Å². The van der Waals surface area contributed by atoms with E-state index in [0.717, 1.165) is 29.7 Å². The van der Waals surface area contributed by atoms with Crippen LogP contribution in [-0.4, -0.2) is 47.4 Å². The molecule has 0 radical (unpaired) electrons. The number of hydrogen-bond acceptors (Lipinski definition) is 7. The summed E-state index contributed by atoms with van der Waals surface area (Å²) in [5.41, 5.74) is 4.47. The summed E-state index contributed by atoms with van der Waals surface area (Å²) < 4.78 is 11.2. The molecule has 3 heterocycles. The van der Waals surface area contributed by atoms with E-state index in [1.165, 1.54) is 0 Å². The van der Waals surface area contributed by atoms with Crippen molar-refractivity contribution >= 4 is 11.6 Å². The van der Waals surface area contributed by atoms with Gasteiger partial charge in [-0.2, -0.15) is 5.26 Å². The van der Waals surface area contributed by atoms with Gasteiger partial charge in [0.2, 0.25) is 5.88 Å². The molecule has 1 fully saturated rings. The molecular weight excluding hydrogens is 432 g/mol. The van der Waals surface area contributed by atoms with Gasteiger partial charge in [0.25, 0.3) is 5.91 Å². The Bertz CT molecular complexity index is 1200. The normalized spacial score (nSPS) is 13.8. The molecule has 1 aliphatic rings. The highest BCUT2D eigenvalue weighted by Gasteiger charge is 2.22. The lowest BCUT2D eigenvalue weighted by atomic mass is 9.90. The van der Waals surface area contributed by atoms with Crippen molar-refractivity contribution in [3.8, 4) is 23.1 Å². The number of ether oxygens (including phenoxy) is 2. The molecule has 0 saturated carbocycles. The number of nitrogens with one attached hydrogen (secondary N) is 1. The first-order valence-corrected chi connectivity index (χ1v) is 11.2. The van der Waals surface area contributed by atoms with Crippen molar-refractivity contribution in [3.63, 3.8) is 0 Å². The Hall–Kier alpha value is -3.80. The fourth-order valence-corrected chi connectivity index (χ4v) is 4.09. The van der Waals surface area contributed by atoms with Gasteiger partial charge in [0.15, 0.2) is 0 Å². The zero-order chi connectivity index (χ0) is 23.9. The van der Waals surface area contributed by atoms with Crippen LogP contribution in [0, 0.1) is 18.3 Å². The van der Waals surface area contributed by atoms with Crippen molar-refractivity contribution in [2.24, 2.45) is 0 Å². The minimum absolute atomic E-state index is 0.121. The molecule has 0 spiro atoms. The average molecular weight is 459 g/mol. The number of hydrogen-bond donors (Lipinski definition) is 2. The number of aliphatic hydroxyl groups is 1. The molecule has 1 amide bonds. The summed E-state index contributed by atoms with van der Waals surface area (Å²) in [6.07, 6.45) is 4.79. The van der Waals surface area contributed by atoms with E-state index in [-0.39, 0.29) is 25.0 Å². The third-order valence-electron chi connectivity index (χ3n) is 5.81. The Morgan fingerprint density at radius 2 is 2.00 bits per heavy atom. The van der Waals surface area contributed by atoms with Crippen LogP contribution in [0.2, 0.25) is 0 Å². The summed E-state index contributed by atoms with van der Waals surface area (Å²) in [5.74, 6) is 0.284.